The first-order chi connectivity index (χ1) is 12.1. The number of ether oxygens (including phenoxy) is 1. The van der Waals surface area contributed by atoms with Gasteiger partial charge >= 0.3 is 6.03 Å². The molecule has 1 aliphatic carbocycles. The Morgan fingerprint density at radius 3 is 2.64 bits per heavy atom. The minimum atomic E-state index is -0.484. The van der Waals surface area contributed by atoms with E-state index in [1.165, 1.54) is 44.7 Å². The fraction of sp³-hybridized carbons (Fsp3) is 0.474. The van der Waals surface area contributed by atoms with Crippen LogP contribution in [0, 0.1) is 5.82 Å². The van der Waals surface area contributed by atoms with Crippen molar-refractivity contribution in [2.75, 3.05) is 7.11 Å². The molecule has 2 rings (SSSR count). The highest BCUT2D eigenvalue weighted by Gasteiger charge is 2.14. The summed E-state index contributed by atoms with van der Waals surface area (Å²) >= 11 is 0. The SMILES string of the molecule is C=C/C(=C\NC(=O)NC1CCCCCCC1)c1cc(F)cnc1OC. The minimum absolute atomic E-state index is 0.200. The fourth-order valence-corrected chi connectivity index (χ4v) is 3.01. The predicted octanol–water partition coefficient (Wildman–Crippen LogP) is 4.17. The van der Waals surface area contributed by atoms with E-state index in [1.807, 2.05) is 0 Å². The van der Waals surface area contributed by atoms with Gasteiger partial charge in [-0.25, -0.2) is 14.2 Å². The molecule has 0 radical (unpaired) electrons. The number of methoxy groups -OCH3 is 1. The minimum Gasteiger partial charge on any atom is -0.481 e. The number of nitrogens with one attached hydrogen (secondary N) is 2. The zero-order valence-electron chi connectivity index (χ0n) is 14.7. The van der Waals surface area contributed by atoms with E-state index in [-0.39, 0.29) is 18.0 Å². The first-order valence-corrected chi connectivity index (χ1v) is 8.73. The topological polar surface area (TPSA) is 63.2 Å². The number of amides is 2. The normalized spacial score (nSPS) is 16.5. The first kappa shape index (κ1) is 19.0. The van der Waals surface area contributed by atoms with Gasteiger partial charge in [0.05, 0.1) is 13.3 Å². The maximum absolute atomic E-state index is 13.5. The molecule has 1 fully saturated rings. The molecule has 1 aliphatic rings. The van der Waals surface area contributed by atoms with Crippen LogP contribution in [0.25, 0.3) is 5.57 Å². The molecule has 0 unspecified atom stereocenters. The van der Waals surface area contributed by atoms with Crippen molar-refractivity contribution in [3.63, 3.8) is 0 Å². The van der Waals surface area contributed by atoms with Crippen LogP contribution in [-0.2, 0) is 0 Å². The van der Waals surface area contributed by atoms with E-state index in [0.29, 0.717) is 11.1 Å². The number of carbonyl (C=O) groups excluding carboxylic acids is 1. The summed E-state index contributed by atoms with van der Waals surface area (Å²) in [7, 11) is 1.46. The molecule has 0 saturated heterocycles. The molecule has 0 aromatic carbocycles. The third kappa shape index (κ3) is 5.89. The lowest BCUT2D eigenvalue weighted by Crippen LogP contribution is -2.40. The molecule has 0 aliphatic heterocycles. The summed E-state index contributed by atoms with van der Waals surface area (Å²) in [6.45, 7) is 3.71. The summed E-state index contributed by atoms with van der Waals surface area (Å²) in [5, 5.41) is 5.70. The van der Waals surface area contributed by atoms with Crippen molar-refractivity contribution in [1.29, 1.82) is 0 Å². The molecule has 6 heteroatoms. The lowest BCUT2D eigenvalue weighted by molar-refractivity contribution is 0.237. The number of aromatic nitrogens is 1. The Morgan fingerprint density at radius 1 is 1.32 bits per heavy atom. The van der Waals surface area contributed by atoms with Crippen LogP contribution in [0.2, 0.25) is 0 Å². The fourth-order valence-electron chi connectivity index (χ4n) is 3.01. The van der Waals surface area contributed by atoms with Crippen molar-refractivity contribution in [2.24, 2.45) is 0 Å². The molecule has 1 heterocycles. The van der Waals surface area contributed by atoms with Crippen LogP contribution in [-0.4, -0.2) is 24.2 Å². The van der Waals surface area contributed by atoms with Crippen molar-refractivity contribution >= 4 is 11.6 Å². The van der Waals surface area contributed by atoms with Gasteiger partial charge in [-0.2, -0.15) is 0 Å². The second-order valence-electron chi connectivity index (χ2n) is 6.17. The van der Waals surface area contributed by atoms with E-state index in [4.69, 9.17) is 4.74 Å². The maximum Gasteiger partial charge on any atom is 0.318 e. The lowest BCUT2D eigenvalue weighted by atomic mass is 9.97. The molecule has 136 valence electrons. The summed E-state index contributed by atoms with van der Waals surface area (Å²) in [5.74, 6) is -0.211. The second kappa shape index (κ2) is 9.81. The van der Waals surface area contributed by atoms with Gasteiger partial charge < -0.3 is 15.4 Å². The summed E-state index contributed by atoms with van der Waals surface area (Å²) in [5.41, 5.74) is 0.959. The van der Waals surface area contributed by atoms with Gasteiger partial charge in [0.2, 0.25) is 5.88 Å². The quantitative estimate of drug-likeness (QED) is 0.786. The molecule has 25 heavy (non-hydrogen) atoms. The molecule has 1 aromatic heterocycles. The third-order valence-corrected chi connectivity index (χ3v) is 4.34. The van der Waals surface area contributed by atoms with Gasteiger partial charge in [0.1, 0.15) is 5.82 Å². The lowest BCUT2D eigenvalue weighted by Gasteiger charge is -2.20. The highest BCUT2D eigenvalue weighted by Crippen LogP contribution is 2.24. The summed E-state index contributed by atoms with van der Waals surface area (Å²) in [4.78, 5) is 16.1. The Balaban J connectivity index is 2.01. The number of halogens is 1. The largest absolute Gasteiger partial charge is 0.481 e. The van der Waals surface area contributed by atoms with Crippen molar-refractivity contribution in [3.05, 3.63) is 42.5 Å². The Labute approximate surface area is 148 Å². The van der Waals surface area contributed by atoms with Crippen LogP contribution in [0.5, 0.6) is 5.88 Å². The summed E-state index contributed by atoms with van der Waals surface area (Å²) in [6.07, 6.45) is 12.1. The monoisotopic (exact) mass is 347 g/mol. The van der Waals surface area contributed by atoms with Crippen molar-refractivity contribution < 1.29 is 13.9 Å². The Kier molecular flexibility index (Phi) is 7.44. The van der Waals surface area contributed by atoms with E-state index >= 15 is 0 Å². The smallest absolute Gasteiger partial charge is 0.318 e. The summed E-state index contributed by atoms with van der Waals surface area (Å²) < 4.78 is 18.6. The van der Waals surface area contributed by atoms with Gasteiger partial charge in [-0.05, 0) is 18.9 Å². The van der Waals surface area contributed by atoms with Crippen LogP contribution in [0.4, 0.5) is 9.18 Å². The maximum atomic E-state index is 13.5. The molecule has 2 N–H and O–H groups in total. The molecule has 0 spiro atoms. The van der Waals surface area contributed by atoms with Gasteiger partial charge in [0.15, 0.2) is 0 Å². The number of allylic oxidation sites excluding steroid dienone is 2. The highest BCUT2D eigenvalue weighted by molar-refractivity contribution is 5.81. The van der Waals surface area contributed by atoms with Gasteiger partial charge in [-0.3, -0.25) is 0 Å². The first-order valence-electron chi connectivity index (χ1n) is 8.73. The number of hydrogen-bond acceptors (Lipinski definition) is 3. The van der Waals surface area contributed by atoms with Crippen molar-refractivity contribution in [1.82, 2.24) is 15.6 Å². The van der Waals surface area contributed by atoms with Crippen LogP contribution in [0.15, 0.2) is 31.1 Å². The number of hydrogen-bond donors (Lipinski definition) is 2. The van der Waals surface area contributed by atoms with E-state index in [1.54, 1.807) is 0 Å². The molecular formula is C19H26FN3O2. The van der Waals surface area contributed by atoms with Gasteiger partial charge in [-0.15, -0.1) is 0 Å². The predicted molar refractivity (Wildman–Crippen MR) is 96.7 cm³/mol. The van der Waals surface area contributed by atoms with Crippen molar-refractivity contribution in [3.8, 4) is 5.88 Å². The van der Waals surface area contributed by atoms with Crippen molar-refractivity contribution in [2.45, 2.75) is 51.0 Å². The molecule has 1 saturated carbocycles. The average molecular weight is 347 g/mol. The Bertz CT molecular complexity index is 623. The zero-order valence-corrected chi connectivity index (χ0v) is 14.7. The van der Waals surface area contributed by atoms with E-state index in [9.17, 15) is 9.18 Å². The van der Waals surface area contributed by atoms with Gasteiger partial charge in [-0.1, -0.05) is 44.8 Å². The van der Waals surface area contributed by atoms with Crippen LogP contribution >= 0.6 is 0 Å². The van der Waals surface area contributed by atoms with Gasteiger partial charge in [0, 0.05) is 23.4 Å². The van der Waals surface area contributed by atoms with Crippen LogP contribution in [0.1, 0.15) is 50.5 Å². The molecule has 1 aromatic rings. The Hall–Kier alpha value is -2.37. The number of nitrogens with zero attached hydrogens (tertiary/aromatic N) is 1. The summed E-state index contributed by atoms with van der Waals surface area (Å²) in [6, 6.07) is 1.23. The second-order valence-corrected chi connectivity index (χ2v) is 6.17. The molecular weight excluding hydrogens is 321 g/mol. The van der Waals surface area contributed by atoms with Crippen LogP contribution in [0.3, 0.4) is 0 Å². The van der Waals surface area contributed by atoms with E-state index < -0.39 is 5.82 Å². The highest BCUT2D eigenvalue weighted by atomic mass is 19.1. The number of carbonyl (C=O) groups is 1. The average Bonchev–Trinajstić information content (AvgIpc) is 2.58. The number of urea groups is 1. The molecule has 5 nitrogen and oxygen atoms in total. The van der Waals surface area contributed by atoms with E-state index in [0.717, 1.165) is 31.9 Å². The standard InChI is InChI=1S/C19H26FN3O2/c1-3-14(17-11-15(20)13-21-18(17)25-2)12-22-19(24)23-16-9-7-5-4-6-8-10-16/h3,11-13,16H,1,4-10H2,2H3,(H2,22,23,24)/b14-12+. The Morgan fingerprint density at radius 2 is 2.00 bits per heavy atom. The number of rotatable bonds is 5. The molecule has 0 atom stereocenters. The number of pyridine rings is 1. The van der Waals surface area contributed by atoms with E-state index in [2.05, 4.69) is 22.2 Å². The third-order valence-electron chi connectivity index (χ3n) is 4.34. The van der Waals surface area contributed by atoms with Gasteiger partial charge in [0.25, 0.3) is 0 Å². The zero-order chi connectivity index (χ0) is 18.1. The molecule has 2 amide bonds. The van der Waals surface area contributed by atoms with Crippen LogP contribution < -0.4 is 15.4 Å². The molecule has 0 bridgehead atoms.